The van der Waals surface area contributed by atoms with Gasteiger partial charge in [0, 0.05) is 11.1 Å². The van der Waals surface area contributed by atoms with Crippen LogP contribution in [0.25, 0.3) is 28.2 Å². The number of aryl methyl sites for hydroxylation is 1. The van der Waals surface area contributed by atoms with E-state index < -0.39 is 0 Å². The summed E-state index contributed by atoms with van der Waals surface area (Å²) in [5, 5.41) is 16.8. The number of thioether (sulfide) groups is 1. The van der Waals surface area contributed by atoms with E-state index in [2.05, 4.69) is 20.6 Å². The fourth-order valence-corrected chi connectivity index (χ4v) is 4.50. The van der Waals surface area contributed by atoms with Crippen molar-refractivity contribution < 1.29 is 4.79 Å². The molecular formula is C28H24N6OS. The maximum atomic E-state index is 12.8. The van der Waals surface area contributed by atoms with Crippen molar-refractivity contribution in [3.8, 4) is 28.2 Å². The molecule has 5 aromatic rings. The van der Waals surface area contributed by atoms with Gasteiger partial charge in [-0.2, -0.15) is 5.10 Å². The molecule has 0 spiro atoms. The predicted octanol–water partition coefficient (Wildman–Crippen LogP) is 5.74. The van der Waals surface area contributed by atoms with Gasteiger partial charge in [-0.3, -0.25) is 4.79 Å². The molecule has 1 amide bonds. The Morgan fingerprint density at radius 1 is 0.806 bits per heavy atom. The summed E-state index contributed by atoms with van der Waals surface area (Å²) in [6.07, 6.45) is 0. The first-order valence-corrected chi connectivity index (χ1v) is 12.5. The number of hydrogen-bond acceptors (Lipinski definition) is 6. The summed E-state index contributed by atoms with van der Waals surface area (Å²) in [7, 11) is 0. The first-order valence-electron chi connectivity index (χ1n) is 11.5. The monoisotopic (exact) mass is 492 g/mol. The lowest BCUT2D eigenvalue weighted by molar-refractivity contribution is -0.113. The van der Waals surface area contributed by atoms with Gasteiger partial charge in [0.05, 0.1) is 28.5 Å². The number of benzene rings is 3. The van der Waals surface area contributed by atoms with Crippen LogP contribution in [0, 0.1) is 13.8 Å². The molecule has 7 nitrogen and oxygen atoms in total. The molecule has 8 heteroatoms. The van der Waals surface area contributed by atoms with Gasteiger partial charge in [-0.25, -0.2) is 9.67 Å². The highest BCUT2D eigenvalue weighted by Gasteiger charge is 2.17. The molecule has 0 aliphatic rings. The molecule has 0 unspecified atom stereocenters. The third-order valence-electron chi connectivity index (χ3n) is 5.65. The molecule has 0 atom stereocenters. The van der Waals surface area contributed by atoms with Gasteiger partial charge in [-0.05, 0) is 26.0 Å². The van der Waals surface area contributed by atoms with E-state index in [1.807, 2.05) is 110 Å². The van der Waals surface area contributed by atoms with Gasteiger partial charge in [-0.15, -0.1) is 10.2 Å². The number of carbonyl (C=O) groups is 1. The van der Waals surface area contributed by atoms with Crippen molar-refractivity contribution in [2.45, 2.75) is 19.0 Å². The number of nitrogens with zero attached hydrogens (tertiary/aromatic N) is 5. The molecule has 2 heterocycles. The predicted molar refractivity (Wildman–Crippen MR) is 143 cm³/mol. The second-order valence-electron chi connectivity index (χ2n) is 8.15. The van der Waals surface area contributed by atoms with Crippen LogP contribution in [-0.2, 0) is 4.79 Å². The zero-order valence-electron chi connectivity index (χ0n) is 19.9. The zero-order valence-corrected chi connectivity index (χ0v) is 20.7. The number of hydrogen-bond donors (Lipinski definition) is 1. The van der Waals surface area contributed by atoms with Crippen molar-refractivity contribution in [3.63, 3.8) is 0 Å². The Hall–Kier alpha value is -4.30. The summed E-state index contributed by atoms with van der Waals surface area (Å²) < 4.78 is 1.83. The van der Waals surface area contributed by atoms with Gasteiger partial charge in [0.1, 0.15) is 11.4 Å². The molecule has 3 aromatic carbocycles. The molecule has 0 saturated heterocycles. The van der Waals surface area contributed by atoms with Crippen molar-refractivity contribution in [3.05, 3.63) is 102 Å². The van der Waals surface area contributed by atoms with Crippen LogP contribution in [0.5, 0.6) is 0 Å². The minimum Gasteiger partial charge on any atom is -0.322 e. The van der Waals surface area contributed by atoms with Gasteiger partial charge in [-0.1, -0.05) is 90.6 Å². The molecule has 1 N–H and O–H groups in total. The van der Waals surface area contributed by atoms with E-state index in [1.54, 1.807) is 0 Å². The molecule has 36 heavy (non-hydrogen) atoms. The molecule has 0 aliphatic heterocycles. The van der Waals surface area contributed by atoms with Crippen LogP contribution in [0.2, 0.25) is 0 Å². The summed E-state index contributed by atoms with van der Waals surface area (Å²) in [6.45, 7) is 3.83. The molecular weight excluding hydrogens is 468 g/mol. The Bertz CT molecular complexity index is 1490. The van der Waals surface area contributed by atoms with Crippen LogP contribution in [0.4, 0.5) is 5.69 Å². The molecule has 5 rings (SSSR count). The van der Waals surface area contributed by atoms with Crippen molar-refractivity contribution >= 4 is 23.4 Å². The minimum absolute atomic E-state index is 0.149. The zero-order chi connectivity index (χ0) is 24.9. The van der Waals surface area contributed by atoms with Crippen LogP contribution >= 0.6 is 11.8 Å². The van der Waals surface area contributed by atoms with E-state index in [4.69, 9.17) is 4.98 Å². The van der Waals surface area contributed by atoms with Gasteiger partial charge in [0.2, 0.25) is 11.1 Å². The summed E-state index contributed by atoms with van der Waals surface area (Å²) in [5.74, 6) is -0.00786. The van der Waals surface area contributed by atoms with E-state index in [-0.39, 0.29) is 11.7 Å². The van der Waals surface area contributed by atoms with Gasteiger partial charge in [0.25, 0.3) is 0 Å². The summed E-state index contributed by atoms with van der Waals surface area (Å²) in [5.41, 5.74) is 6.60. The lowest BCUT2D eigenvalue weighted by Crippen LogP contribution is -2.15. The molecule has 0 fully saturated rings. The maximum absolute atomic E-state index is 12.8. The van der Waals surface area contributed by atoms with E-state index in [0.29, 0.717) is 16.5 Å². The standard InChI is InChI=1S/C28H24N6OS/c1-19-25(20(2)34(33-19)23-16-10-5-11-17-23)29-24(35)18-36-28-30-26(21-12-6-3-7-13-21)27(31-32-28)22-14-8-4-9-15-22/h3-17H,18H2,1-2H3,(H,29,35). The molecule has 0 radical (unpaired) electrons. The normalized spacial score (nSPS) is 10.8. The topological polar surface area (TPSA) is 85.6 Å². The van der Waals surface area contributed by atoms with Crippen LogP contribution in [0.1, 0.15) is 11.4 Å². The largest absolute Gasteiger partial charge is 0.322 e. The Morgan fingerprint density at radius 3 is 2.03 bits per heavy atom. The van der Waals surface area contributed by atoms with E-state index in [1.165, 1.54) is 11.8 Å². The Kier molecular flexibility index (Phi) is 6.86. The lowest BCUT2D eigenvalue weighted by atomic mass is 10.0. The van der Waals surface area contributed by atoms with Crippen molar-refractivity contribution in [2.24, 2.45) is 0 Å². The average molecular weight is 493 g/mol. The Labute approximate surface area is 213 Å². The van der Waals surface area contributed by atoms with Gasteiger partial charge in [0.15, 0.2) is 0 Å². The Balaban J connectivity index is 1.34. The molecule has 0 saturated carbocycles. The summed E-state index contributed by atoms with van der Waals surface area (Å²) in [4.78, 5) is 17.6. The molecule has 178 valence electrons. The van der Waals surface area contributed by atoms with Gasteiger partial charge < -0.3 is 5.32 Å². The van der Waals surface area contributed by atoms with E-state index >= 15 is 0 Å². The third kappa shape index (κ3) is 5.04. The fourth-order valence-electron chi connectivity index (χ4n) is 3.91. The minimum atomic E-state index is -0.157. The number of rotatable bonds is 7. The summed E-state index contributed by atoms with van der Waals surface area (Å²) >= 11 is 1.25. The highest BCUT2D eigenvalue weighted by atomic mass is 32.2. The number of nitrogens with one attached hydrogen (secondary N) is 1. The Morgan fingerprint density at radius 2 is 1.39 bits per heavy atom. The van der Waals surface area contributed by atoms with Crippen LogP contribution in [-0.4, -0.2) is 36.6 Å². The highest BCUT2D eigenvalue weighted by molar-refractivity contribution is 7.99. The molecule has 0 aliphatic carbocycles. The van der Waals surface area contributed by atoms with Gasteiger partial charge >= 0.3 is 0 Å². The third-order valence-corrected chi connectivity index (χ3v) is 6.49. The second kappa shape index (κ2) is 10.5. The maximum Gasteiger partial charge on any atom is 0.234 e. The van der Waals surface area contributed by atoms with Crippen molar-refractivity contribution in [1.82, 2.24) is 25.0 Å². The molecule has 0 bridgehead atoms. The lowest BCUT2D eigenvalue weighted by Gasteiger charge is -2.10. The summed E-state index contributed by atoms with van der Waals surface area (Å²) in [6, 6.07) is 29.6. The van der Waals surface area contributed by atoms with Crippen LogP contribution in [0.15, 0.2) is 96.2 Å². The quantitative estimate of drug-likeness (QED) is 0.292. The smallest absolute Gasteiger partial charge is 0.234 e. The number of carbonyl (C=O) groups excluding carboxylic acids is 1. The van der Waals surface area contributed by atoms with E-state index in [0.717, 1.165) is 33.9 Å². The average Bonchev–Trinajstić information content (AvgIpc) is 3.21. The fraction of sp³-hybridized carbons (Fsp3) is 0.107. The first-order chi connectivity index (χ1) is 17.6. The van der Waals surface area contributed by atoms with Crippen molar-refractivity contribution in [1.29, 1.82) is 0 Å². The van der Waals surface area contributed by atoms with Crippen molar-refractivity contribution in [2.75, 3.05) is 11.1 Å². The SMILES string of the molecule is Cc1nn(-c2ccccc2)c(C)c1NC(=O)CSc1nnc(-c2ccccc2)c(-c2ccccc2)n1. The number of amides is 1. The number of aromatic nitrogens is 5. The number of para-hydroxylation sites is 1. The highest BCUT2D eigenvalue weighted by Crippen LogP contribution is 2.30. The van der Waals surface area contributed by atoms with E-state index in [9.17, 15) is 4.79 Å². The second-order valence-corrected chi connectivity index (χ2v) is 9.10. The van der Waals surface area contributed by atoms with Crippen LogP contribution in [0.3, 0.4) is 0 Å². The first kappa shape index (κ1) is 23.4. The van der Waals surface area contributed by atoms with Crippen LogP contribution < -0.4 is 5.32 Å². The molecule has 2 aromatic heterocycles. The number of anilines is 1.